The molecule has 6 N–H and O–H groups in total. The lowest BCUT2D eigenvalue weighted by Crippen LogP contribution is -2.24. The first kappa shape index (κ1) is 19.6. The fourth-order valence-electron chi connectivity index (χ4n) is 3.02. The molecule has 150 valence electrons. The number of aromatic hydroxyl groups is 1. The summed E-state index contributed by atoms with van der Waals surface area (Å²) in [6.07, 6.45) is 0.659. The molecule has 0 saturated heterocycles. The number of aromatic amines is 1. The summed E-state index contributed by atoms with van der Waals surface area (Å²) in [6.45, 7) is 3.70. The van der Waals surface area contributed by atoms with E-state index in [1.54, 1.807) is 6.92 Å². The summed E-state index contributed by atoms with van der Waals surface area (Å²) in [5.74, 6) is -4.21. The van der Waals surface area contributed by atoms with E-state index in [0.29, 0.717) is 17.8 Å². The van der Waals surface area contributed by atoms with Crippen molar-refractivity contribution in [1.29, 1.82) is 0 Å². The SMILES string of the molecule is CCc1nn(-c2ccc(-c3c(C(=O)O)c(N)[nH]c(=O)c3C(=O)O)c(O)c2)nc1C. The van der Waals surface area contributed by atoms with E-state index in [1.165, 1.54) is 23.0 Å². The van der Waals surface area contributed by atoms with Crippen molar-refractivity contribution in [3.05, 3.63) is 51.1 Å². The van der Waals surface area contributed by atoms with Gasteiger partial charge in [-0.05, 0) is 25.5 Å². The molecule has 0 amide bonds. The van der Waals surface area contributed by atoms with Gasteiger partial charge < -0.3 is 26.0 Å². The quantitative estimate of drug-likeness (QED) is 0.420. The van der Waals surface area contributed by atoms with Crippen LogP contribution in [-0.2, 0) is 6.42 Å². The van der Waals surface area contributed by atoms with Crippen LogP contribution in [0.2, 0.25) is 0 Å². The van der Waals surface area contributed by atoms with Gasteiger partial charge in [0.05, 0.1) is 17.1 Å². The van der Waals surface area contributed by atoms with Crippen molar-refractivity contribution in [2.75, 3.05) is 5.73 Å². The highest BCUT2D eigenvalue weighted by atomic mass is 16.4. The molecule has 1 aromatic carbocycles. The van der Waals surface area contributed by atoms with Crippen molar-refractivity contribution in [2.24, 2.45) is 0 Å². The van der Waals surface area contributed by atoms with Crippen molar-refractivity contribution in [2.45, 2.75) is 20.3 Å². The van der Waals surface area contributed by atoms with Crippen LogP contribution in [0.1, 0.15) is 39.0 Å². The maximum absolute atomic E-state index is 12.1. The van der Waals surface area contributed by atoms with E-state index in [9.17, 15) is 29.7 Å². The number of carbonyl (C=O) groups is 2. The molecule has 0 saturated carbocycles. The molecule has 0 aliphatic rings. The van der Waals surface area contributed by atoms with Gasteiger partial charge in [-0.15, -0.1) is 0 Å². The van der Waals surface area contributed by atoms with Gasteiger partial charge in [0.15, 0.2) is 0 Å². The van der Waals surface area contributed by atoms with E-state index in [0.717, 1.165) is 5.69 Å². The number of carboxylic acids is 2. The Morgan fingerprint density at radius 3 is 2.34 bits per heavy atom. The van der Waals surface area contributed by atoms with Gasteiger partial charge in [0, 0.05) is 17.2 Å². The number of anilines is 1. The molecule has 0 unspecified atom stereocenters. The fourth-order valence-corrected chi connectivity index (χ4v) is 3.02. The normalized spacial score (nSPS) is 10.8. The molecular formula is C18H17N5O6. The number of nitrogens with zero attached hydrogens (tertiary/aromatic N) is 3. The summed E-state index contributed by atoms with van der Waals surface area (Å²) in [5, 5.41) is 38.0. The Morgan fingerprint density at radius 2 is 1.83 bits per heavy atom. The highest BCUT2D eigenvalue weighted by molar-refractivity contribution is 6.08. The first-order valence-electron chi connectivity index (χ1n) is 8.44. The lowest BCUT2D eigenvalue weighted by Gasteiger charge is -2.14. The minimum absolute atomic E-state index is 0.180. The molecular weight excluding hydrogens is 382 g/mol. The predicted molar refractivity (Wildman–Crippen MR) is 102 cm³/mol. The van der Waals surface area contributed by atoms with Gasteiger partial charge in [-0.1, -0.05) is 6.92 Å². The summed E-state index contributed by atoms with van der Waals surface area (Å²) in [5.41, 5.74) is 4.19. The van der Waals surface area contributed by atoms with Crippen LogP contribution in [0, 0.1) is 6.92 Å². The molecule has 29 heavy (non-hydrogen) atoms. The molecule has 11 nitrogen and oxygen atoms in total. The van der Waals surface area contributed by atoms with Gasteiger partial charge in [-0.2, -0.15) is 15.0 Å². The van der Waals surface area contributed by atoms with E-state index in [4.69, 9.17) is 5.73 Å². The standard InChI is InChI=1S/C18H17N5O6/c1-3-10-7(2)21-23(22-10)8-4-5-9(11(24)6-8)12-13(17(26)27)15(19)20-16(25)14(12)18(28)29/h4-6,24H,3H2,1-2H3,(H,26,27)(H,28,29)(H3,19,20,25). The number of aryl methyl sites for hydroxylation is 2. The first-order chi connectivity index (χ1) is 13.6. The Bertz CT molecular complexity index is 1210. The number of nitrogens with one attached hydrogen (secondary N) is 1. The summed E-state index contributed by atoms with van der Waals surface area (Å²) < 4.78 is 0. The zero-order valence-corrected chi connectivity index (χ0v) is 15.4. The van der Waals surface area contributed by atoms with Gasteiger partial charge in [0.1, 0.15) is 22.7 Å². The van der Waals surface area contributed by atoms with Crippen LogP contribution in [0.4, 0.5) is 5.82 Å². The molecule has 0 fully saturated rings. The number of H-pyrrole nitrogens is 1. The molecule has 3 aromatic rings. The summed E-state index contributed by atoms with van der Waals surface area (Å²) in [7, 11) is 0. The fraction of sp³-hybridized carbons (Fsp3) is 0.167. The zero-order chi connectivity index (χ0) is 21.5. The Balaban J connectivity index is 2.28. The van der Waals surface area contributed by atoms with Crippen molar-refractivity contribution in [1.82, 2.24) is 20.0 Å². The number of rotatable bonds is 5. The molecule has 0 radical (unpaired) electrons. The van der Waals surface area contributed by atoms with Crippen molar-refractivity contribution in [3.63, 3.8) is 0 Å². The van der Waals surface area contributed by atoms with Gasteiger partial charge >= 0.3 is 11.9 Å². The second kappa shape index (κ2) is 7.11. The number of carboxylic acid groups (broad SMARTS) is 2. The Morgan fingerprint density at radius 1 is 1.17 bits per heavy atom. The van der Waals surface area contributed by atoms with Crippen LogP contribution in [0.15, 0.2) is 23.0 Å². The van der Waals surface area contributed by atoms with E-state index < -0.39 is 45.8 Å². The first-order valence-corrected chi connectivity index (χ1v) is 8.44. The smallest absolute Gasteiger partial charge is 0.342 e. The number of benzene rings is 1. The van der Waals surface area contributed by atoms with Gasteiger partial charge in [0.25, 0.3) is 5.56 Å². The molecule has 11 heteroatoms. The number of pyridine rings is 1. The van der Waals surface area contributed by atoms with E-state index in [1.807, 2.05) is 11.9 Å². The highest BCUT2D eigenvalue weighted by Crippen LogP contribution is 2.36. The molecule has 0 aliphatic heterocycles. The predicted octanol–water partition coefficient (Wildman–Crippen LogP) is 1.18. The highest BCUT2D eigenvalue weighted by Gasteiger charge is 2.28. The van der Waals surface area contributed by atoms with Crippen LogP contribution in [0.5, 0.6) is 5.75 Å². The third-order valence-corrected chi connectivity index (χ3v) is 4.37. The van der Waals surface area contributed by atoms with Crippen LogP contribution < -0.4 is 11.3 Å². The Kier molecular flexibility index (Phi) is 4.81. The number of phenolic OH excluding ortho intramolecular Hbond substituents is 1. The molecule has 0 bridgehead atoms. The Labute approximate surface area is 163 Å². The van der Waals surface area contributed by atoms with Gasteiger partial charge in [-0.3, -0.25) is 4.79 Å². The number of phenols is 1. The maximum Gasteiger partial charge on any atom is 0.342 e. The van der Waals surface area contributed by atoms with Crippen molar-refractivity contribution < 1.29 is 24.9 Å². The summed E-state index contributed by atoms with van der Waals surface area (Å²) in [4.78, 5) is 38.7. The van der Waals surface area contributed by atoms with Crippen molar-refractivity contribution >= 4 is 17.8 Å². The molecule has 0 aliphatic carbocycles. The lowest BCUT2D eigenvalue weighted by molar-refractivity contribution is 0.0695. The van der Waals surface area contributed by atoms with E-state index in [-0.39, 0.29) is 5.56 Å². The van der Waals surface area contributed by atoms with Gasteiger partial charge in [-0.25, -0.2) is 9.59 Å². The molecule has 2 aromatic heterocycles. The van der Waals surface area contributed by atoms with E-state index in [2.05, 4.69) is 10.2 Å². The van der Waals surface area contributed by atoms with Crippen LogP contribution in [0.25, 0.3) is 16.8 Å². The average molecular weight is 399 g/mol. The lowest BCUT2D eigenvalue weighted by atomic mass is 9.94. The molecule has 0 atom stereocenters. The minimum atomic E-state index is -1.66. The number of nitrogen functional groups attached to an aromatic ring is 1. The minimum Gasteiger partial charge on any atom is -0.507 e. The largest absolute Gasteiger partial charge is 0.507 e. The number of aromatic carboxylic acids is 2. The zero-order valence-electron chi connectivity index (χ0n) is 15.4. The third-order valence-electron chi connectivity index (χ3n) is 4.37. The monoisotopic (exact) mass is 399 g/mol. The van der Waals surface area contributed by atoms with E-state index >= 15 is 0 Å². The van der Waals surface area contributed by atoms with Crippen LogP contribution in [-0.4, -0.2) is 47.2 Å². The topological polar surface area (TPSA) is 184 Å². The maximum atomic E-state index is 12.1. The number of hydrogen-bond acceptors (Lipinski definition) is 7. The van der Waals surface area contributed by atoms with Crippen molar-refractivity contribution in [3.8, 4) is 22.6 Å². The number of aromatic nitrogens is 4. The second-order valence-electron chi connectivity index (χ2n) is 6.18. The Hall–Kier alpha value is -4.15. The van der Waals surface area contributed by atoms with Crippen LogP contribution in [0.3, 0.4) is 0 Å². The number of nitrogens with two attached hydrogens (primary N) is 1. The third kappa shape index (κ3) is 3.29. The van der Waals surface area contributed by atoms with Crippen LogP contribution >= 0.6 is 0 Å². The second-order valence-corrected chi connectivity index (χ2v) is 6.18. The average Bonchev–Trinajstić information content (AvgIpc) is 3.01. The summed E-state index contributed by atoms with van der Waals surface area (Å²) >= 11 is 0. The van der Waals surface area contributed by atoms with Gasteiger partial charge in [0.2, 0.25) is 0 Å². The number of hydrogen-bond donors (Lipinski definition) is 5. The molecule has 0 spiro atoms. The molecule has 3 rings (SSSR count). The molecule has 2 heterocycles. The summed E-state index contributed by atoms with van der Waals surface area (Å²) in [6, 6.07) is 3.98.